The highest BCUT2D eigenvalue weighted by Crippen LogP contribution is 2.39. The number of thioether (sulfide) groups is 1. The lowest BCUT2D eigenvalue weighted by atomic mass is 9.88. The van der Waals surface area contributed by atoms with Crippen LogP contribution in [0.1, 0.15) is 34.1 Å². The number of carbonyl (C=O) groups is 2. The maximum Gasteiger partial charge on any atom is 0.278 e. The molecule has 8 nitrogen and oxygen atoms in total. The number of aromatic nitrogens is 3. The second-order valence-electron chi connectivity index (χ2n) is 7.43. The van der Waals surface area contributed by atoms with Gasteiger partial charge in [0.05, 0.1) is 11.3 Å². The number of fused-ring (bicyclic) bond motifs is 1. The van der Waals surface area contributed by atoms with Gasteiger partial charge in [0, 0.05) is 10.4 Å². The number of primary amides is 1. The lowest BCUT2D eigenvalue weighted by Crippen LogP contribution is -2.20. The Hall–Kier alpha value is -2.98. The first-order chi connectivity index (χ1) is 14.9. The molecular weight excluding hydrogens is 434 g/mol. The highest BCUT2D eigenvalue weighted by Gasteiger charge is 2.27. The molecule has 31 heavy (non-hydrogen) atoms. The quantitative estimate of drug-likeness (QED) is 0.490. The van der Waals surface area contributed by atoms with Crippen LogP contribution in [-0.2, 0) is 17.6 Å². The van der Waals surface area contributed by atoms with Gasteiger partial charge in [-0.05, 0) is 30.7 Å². The van der Waals surface area contributed by atoms with E-state index in [1.54, 1.807) is 12.1 Å². The van der Waals surface area contributed by atoms with Crippen LogP contribution in [0.2, 0.25) is 0 Å². The summed E-state index contributed by atoms with van der Waals surface area (Å²) >= 11 is 2.48. The van der Waals surface area contributed by atoms with E-state index in [0.29, 0.717) is 22.0 Å². The smallest absolute Gasteiger partial charge is 0.278 e. The molecule has 1 atom stereocenters. The van der Waals surface area contributed by atoms with Gasteiger partial charge in [0.2, 0.25) is 5.91 Å². The third-order valence-corrected chi connectivity index (χ3v) is 7.11. The van der Waals surface area contributed by atoms with E-state index in [-0.39, 0.29) is 28.1 Å². The number of amides is 2. The molecule has 10 heteroatoms. The normalized spacial score (nSPS) is 15.3. The van der Waals surface area contributed by atoms with Crippen LogP contribution in [0.15, 0.2) is 40.3 Å². The molecule has 2 amide bonds. The molecular formula is C21H21N5O3S2. The third-order valence-electron chi connectivity index (χ3n) is 5.07. The number of benzene rings is 1. The van der Waals surface area contributed by atoms with E-state index >= 15 is 0 Å². The lowest BCUT2D eigenvalue weighted by Gasteiger charge is -2.18. The summed E-state index contributed by atoms with van der Waals surface area (Å²) in [7, 11) is 0. The number of nitrogens with one attached hydrogen (secondary N) is 2. The third kappa shape index (κ3) is 4.70. The summed E-state index contributed by atoms with van der Waals surface area (Å²) in [6, 6.07) is 9.02. The van der Waals surface area contributed by atoms with Crippen molar-refractivity contribution in [2.45, 2.75) is 31.3 Å². The van der Waals surface area contributed by atoms with E-state index in [2.05, 4.69) is 27.4 Å². The van der Waals surface area contributed by atoms with Crippen molar-refractivity contribution in [3.05, 3.63) is 56.7 Å². The maximum atomic E-state index is 12.5. The number of H-pyrrole nitrogens is 1. The van der Waals surface area contributed by atoms with Crippen LogP contribution in [-0.4, -0.2) is 32.7 Å². The zero-order chi connectivity index (χ0) is 22.0. The molecule has 2 heterocycles. The number of hydrogen-bond donors (Lipinski definition) is 3. The summed E-state index contributed by atoms with van der Waals surface area (Å²) in [5.41, 5.74) is 7.49. The average molecular weight is 456 g/mol. The Morgan fingerprint density at radius 1 is 1.29 bits per heavy atom. The molecule has 0 radical (unpaired) electrons. The van der Waals surface area contributed by atoms with Crippen molar-refractivity contribution in [3.63, 3.8) is 0 Å². The van der Waals surface area contributed by atoms with E-state index in [4.69, 9.17) is 5.73 Å². The van der Waals surface area contributed by atoms with Crippen molar-refractivity contribution in [3.8, 4) is 11.3 Å². The fourth-order valence-electron chi connectivity index (χ4n) is 3.57. The molecule has 2 aromatic heterocycles. The Labute approximate surface area is 186 Å². The van der Waals surface area contributed by atoms with Gasteiger partial charge in [-0.2, -0.15) is 0 Å². The zero-order valence-corrected chi connectivity index (χ0v) is 18.4. The highest BCUT2D eigenvalue weighted by atomic mass is 32.2. The molecule has 1 aromatic carbocycles. The first-order valence-corrected chi connectivity index (χ1v) is 11.6. The van der Waals surface area contributed by atoms with Gasteiger partial charge in [-0.3, -0.25) is 19.4 Å². The van der Waals surface area contributed by atoms with Crippen LogP contribution in [0, 0.1) is 5.92 Å². The number of anilines is 1. The number of rotatable bonds is 6. The molecule has 0 fully saturated rings. The predicted octanol–water partition coefficient (Wildman–Crippen LogP) is 2.85. The number of carbonyl (C=O) groups excluding carboxylic acids is 2. The first kappa shape index (κ1) is 21.3. The van der Waals surface area contributed by atoms with Gasteiger partial charge in [-0.15, -0.1) is 21.5 Å². The minimum Gasteiger partial charge on any atom is -0.365 e. The summed E-state index contributed by atoms with van der Waals surface area (Å²) in [6.07, 6.45) is 2.67. The van der Waals surface area contributed by atoms with Crippen molar-refractivity contribution >= 4 is 39.9 Å². The Kier molecular flexibility index (Phi) is 6.19. The molecule has 1 unspecified atom stereocenters. The molecule has 0 saturated carbocycles. The van der Waals surface area contributed by atoms with Crippen molar-refractivity contribution in [2.24, 2.45) is 11.7 Å². The molecule has 0 bridgehead atoms. The first-order valence-electron chi connectivity index (χ1n) is 9.81. The molecule has 0 aliphatic heterocycles. The summed E-state index contributed by atoms with van der Waals surface area (Å²) in [6.45, 7) is 2.17. The minimum absolute atomic E-state index is 0.00642. The molecule has 1 aliphatic carbocycles. The summed E-state index contributed by atoms with van der Waals surface area (Å²) in [4.78, 5) is 40.6. The zero-order valence-electron chi connectivity index (χ0n) is 16.8. The fraction of sp³-hybridized carbons (Fsp3) is 0.286. The van der Waals surface area contributed by atoms with Crippen LogP contribution >= 0.6 is 23.1 Å². The van der Waals surface area contributed by atoms with Gasteiger partial charge in [0.15, 0.2) is 10.9 Å². The van der Waals surface area contributed by atoms with Gasteiger partial charge in [-0.25, -0.2) is 0 Å². The lowest BCUT2D eigenvalue weighted by molar-refractivity contribution is -0.113. The van der Waals surface area contributed by atoms with Crippen molar-refractivity contribution in [2.75, 3.05) is 11.1 Å². The summed E-state index contributed by atoms with van der Waals surface area (Å²) < 4.78 is 0. The van der Waals surface area contributed by atoms with Crippen molar-refractivity contribution in [1.29, 1.82) is 0 Å². The molecule has 160 valence electrons. The summed E-state index contributed by atoms with van der Waals surface area (Å²) in [5.74, 6) is -0.289. The van der Waals surface area contributed by atoms with Crippen LogP contribution in [0.5, 0.6) is 0 Å². The second-order valence-corrected chi connectivity index (χ2v) is 9.50. The average Bonchev–Trinajstić information content (AvgIpc) is 3.10. The topological polar surface area (TPSA) is 131 Å². The number of hydrogen-bond acceptors (Lipinski definition) is 7. The Bertz CT molecular complexity index is 1190. The van der Waals surface area contributed by atoms with Crippen molar-refractivity contribution in [1.82, 2.24) is 15.2 Å². The molecule has 4 rings (SSSR count). The number of nitrogens with two attached hydrogens (primary N) is 1. The van der Waals surface area contributed by atoms with Gasteiger partial charge >= 0.3 is 0 Å². The van der Waals surface area contributed by atoms with E-state index < -0.39 is 5.91 Å². The van der Waals surface area contributed by atoms with E-state index in [0.717, 1.165) is 41.5 Å². The monoisotopic (exact) mass is 455 g/mol. The molecule has 4 N–H and O–H groups in total. The van der Waals surface area contributed by atoms with Gasteiger partial charge in [0.1, 0.15) is 5.00 Å². The standard InChI is InChI=1S/C21H21N5O3S2/c1-11-7-8-13-14(9-11)31-20(16(13)18(22)28)23-15(27)10-30-21-24-19(29)17(25-26-21)12-5-3-2-4-6-12/h2-6,11H,7-10H2,1H3,(H2,22,28)(H,23,27)(H,24,26,29). The molecule has 3 aromatic rings. The van der Waals surface area contributed by atoms with E-state index in [1.807, 2.05) is 18.2 Å². The van der Waals surface area contributed by atoms with Gasteiger partial charge in [0.25, 0.3) is 11.5 Å². The molecule has 0 saturated heterocycles. The largest absolute Gasteiger partial charge is 0.365 e. The van der Waals surface area contributed by atoms with Crippen LogP contribution in [0.3, 0.4) is 0 Å². The number of thiophene rings is 1. The Morgan fingerprint density at radius 2 is 2.06 bits per heavy atom. The van der Waals surface area contributed by atoms with Crippen molar-refractivity contribution < 1.29 is 9.59 Å². The Morgan fingerprint density at radius 3 is 2.77 bits per heavy atom. The summed E-state index contributed by atoms with van der Waals surface area (Å²) in [5, 5.41) is 11.5. The van der Waals surface area contributed by atoms with E-state index in [1.165, 1.54) is 11.3 Å². The molecule has 0 spiro atoms. The SMILES string of the molecule is CC1CCc2c(sc(NC(=O)CSc3nnc(-c4ccccc4)c(=O)[nH]3)c2C(N)=O)C1. The second kappa shape index (κ2) is 9.03. The number of aromatic amines is 1. The fourth-order valence-corrected chi connectivity index (χ4v) is 5.60. The van der Waals surface area contributed by atoms with Crippen LogP contribution in [0.4, 0.5) is 5.00 Å². The van der Waals surface area contributed by atoms with Gasteiger partial charge in [-0.1, -0.05) is 49.0 Å². The van der Waals surface area contributed by atoms with Gasteiger partial charge < -0.3 is 11.1 Å². The maximum absolute atomic E-state index is 12.5. The molecule has 1 aliphatic rings. The van der Waals surface area contributed by atoms with Crippen LogP contribution < -0.4 is 16.6 Å². The van der Waals surface area contributed by atoms with E-state index in [9.17, 15) is 14.4 Å². The minimum atomic E-state index is -0.526. The number of nitrogens with zero attached hydrogens (tertiary/aromatic N) is 2. The van der Waals surface area contributed by atoms with Crippen LogP contribution in [0.25, 0.3) is 11.3 Å². The predicted molar refractivity (Wildman–Crippen MR) is 121 cm³/mol. The Balaban J connectivity index is 1.44. The highest BCUT2D eigenvalue weighted by molar-refractivity contribution is 7.99.